The number of rotatable bonds is 7. The lowest BCUT2D eigenvalue weighted by Gasteiger charge is -2.31. The van der Waals surface area contributed by atoms with Crippen LogP contribution >= 0.6 is 0 Å². The number of nitrogens with one attached hydrogen (secondary N) is 2. The Kier molecular flexibility index (Phi) is 7.18. The summed E-state index contributed by atoms with van der Waals surface area (Å²) in [4.78, 5) is 25.1. The molecule has 0 saturated carbocycles. The third kappa shape index (κ3) is 5.03. The van der Waals surface area contributed by atoms with Crippen molar-refractivity contribution in [3.8, 4) is 0 Å². The number of hydrogen-bond donors (Lipinski definition) is 2. The molecule has 8 heteroatoms. The first-order valence-corrected chi connectivity index (χ1v) is 12.4. The fourth-order valence-corrected chi connectivity index (χ4v) is 5.60. The number of benzene rings is 1. The molecule has 1 fully saturated rings. The largest absolute Gasteiger partial charge is 0.352 e. The molecule has 0 bridgehead atoms. The molecule has 2 amide bonds. The Morgan fingerprint density at radius 3 is 2.43 bits per heavy atom. The van der Waals surface area contributed by atoms with Crippen LogP contribution in [0.15, 0.2) is 23.1 Å². The van der Waals surface area contributed by atoms with Gasteiger partial charge in [-0.3, -0.25) is 9.59 Å². The van der Waals surface area contributed by atoms with Gasteiger partial charge in [0.1, 0.15) is 6.04 Å². The highest BCUT2D eigenvalue weighted by molar-refractivity contribution is 7.89. The van der Waals surface area contributed by atoms with Gasteiger partial charge in [0.15, 0.2) is 0 Å². The van der Waals surface area contributed by atoms with Crippen molar-refractivity contribution in [2.45, 2.75) is 76.3 Å². The van der Waals surface area contributed by atoms with E-state index in [1.165, 1.54) is 9.87 Å². The maximum absolute atomic E-state index is 13.0. The Balaban J connectivity index is 1.55. The zero-order valence-corrected chi connectivity index (χ0v) is 18.9. The second-order valence-corrected chi connectivity index (χ2v) is 10.4. The predicted octanol–water partition coefficient (Wildman–Crippen LogP) is 2.00. The standard InChI is InChI=1S/C22H33N3O4S/c1-4-15(2)23-21(26)16(3)24-22(27)18-10-12-25(13-11-18)30(28,29)20-9-8-17-6-5-7-19(17)14-20/h8-9,14-16,18H,4-7,10-13H2,1-3H3,(H,23,26)(H,24,27). The molecule has 2 N–H and O–H groups in total. The van der Waals surface area contributed by atoms with Gasteiger partial charge >= 0.3 is 0 Å². The highest BCUT2D eigenvalue weighted by Gasteiger charge is 2.33. The van der Waals surface area contributed by atoms with E-state index in [2.05, 4.69) is 10.6 Å². The van der Waals surface area contributed by atoms with Crippen LogP contribution in [-0.2, 0) is 32.5 Å². The van der Waals surface area contributed by atoms with Crippen molar-refractivity contribution in [1.29, 1.82) is 0 Å². The van der Waals surface area contributed by atoms with Crippen molar-refractivity contribution in [3.63, 3.8) is 0 Å². The van der Waals surface area contributed by atoms with Gasteiger partial charge in [-0.25, -0.2) is 8.42 Å². The topological polar surface area (TPSA) is 95.6 Å². The lowest BCUT2D eigenvalue weighted by atomic mass is 9.97. The molecule has 7 nitrogen and oxygen atoms in total. The van der Waals surface area contributed by atoms with E-state index in [9.17, 15) is 18.0 Å². The first-order valence-electron chi connectivity index (χ1n) is 10.9. The highest BCUT2D eigenvalue weighted by atomic mass is 32.2. The van der Waals surface area contributed by atoms with E-state index >= 15 is 0 Å². The minimum absolute atomic E-state index is 0.0597. The van der Waals surface area contributed by atoms with E-state index in [1.54, 1.807) is 13.0 Å². The molecule has 1 saturated heterocycles. The first kappa shape index (κ1) is 22.7. The van der Waals surface area contributed by atoms with Crippen LogP contribution in [0.4, 0.5) is 0 Å². The van der Waals surface area contributed by atoms with Crippen molar-refractivity contribution in [2.24, 2.45) is 5.92 Å². The van der Waals surface area contributed by atoms with Gasteiger partial charge in [-0.1, -0.05) is 13.0 Å². The van der Waals surface area contributed by atoms with Crippen molar-refractivity contribution in [2.75, 3.05) is 13.1 Å². The minimum atomic E-state index is -3.55. The van der Waals surface area contributed by atoms with Crippen LogP contribution in [0, 0.1) is 5.92 Å². The van der Waals surface area contributed by atoms with Crippen LogP contribution in [0.3, 0.4) is 0 Å². The molecule has 1 aromatic carbocycles. The molecular weight excluding hydrogens is 402 g/mol. The van der Waals surface area contributed by atoms with E-state index in [0.29, 0.717) is 30.8 Å². The molecule has 1 aromatic rings. The van der Waals surface area contributed by atoms with E-state index in [1.807, 2.05) is 26.0 Å². The Bertz CT molecular complexity index is 892. The zero-order valence-electron chi connectivity index (χ0n) is 18.1. The Hall–Kier alpha value is -1.93. The van der Waals surface area contributed by atoms with Crippen LogP contribution in [0.5, 0.6) is 0 Å². The molecule has 166 valence electrons. The smallest absolute Gasteiger partial charge is 0.243 e. The molecule has 2 atom stereocenters. The average molecular weight is 436 g/mol. The number of nitrogens with zero attached hydrogens (tertiary/aromatic N) is 1. The minimum Gasteiger partial charge on any atom is -0.352 e. The second-order valence-electron chi connectivity index (χ2n) is 8.51. The lowest BCUT2D eigenvalue weighted by Crippen LogP contribution is -2.50. The maximum Gasteiger partial charge on any atom is 0.243 e. The highest BCUT2D eigenvalue weighted by Crippen LogP contribution is 2.28. The third-order valence-electron chi connectivity index (χ3n) is 6.29. The van der Waals surface area contributed by atoms with Gasteiger partial charge in [0.2, 0.25) is 21.8 Å². The summed E-state index contributed by atoms with van der Waals surface area (Å²) in [6.45, 7) is 6.20. The van der Waals surface area contributed by atoms with E-state index < -0.39 is 16.1 Å². The summed E-state index contributed by atoms with van der Waals surface area (Å²) in [6.07, 6.45) is 4.76. The molecule has 2 unspecified atom stereocenters. The number of carbonyl (C=O) groups is 2. The molecule has 0 aromatic heterocycles. The Morgan fingerprint density at radius 2 is 1.77 bits per heavy atom. The van der Waals surface area contributed by atoms with Gasteiger partial charge in [0.05, 0.1) is 4.90 Å². The summed E-state index contributed by atoms with van der Waals surface area (Å²) in [5, 5.41) is 5.63. The number of sulfonamides is 1. The van der Waals surface area contributed by atoms with E-state index in [-0.39, 0.29) is 23.8 Å². The number of amides is 2. The van der Waals surface area contributed by atoms with E-state index in [4.69, 9.17) is 0 Å². The SMILES string of the molecule is CCC(C)NC(=O)C(C)NC(=O)C1CCN(S(=O)(=O)c2ccc3c(c2)CCC3)CC1. The van der Waals surface area contributed by atoms with Crippen LogP contribution in [0.2, 0.25) is 0 Å². The summed E-state index contributed by atoms with van der Waals surface area (Å²) >= 11 is 0. The fraction of sp³-hybridized carbons (Fsp3) is 0.636. The molecule has 30 heavy (non-hydrogen) atoms. The van der Waals surface area contributed by atoms with Gasteiger partial charge in [-0.15, -0.1) is 0 Å². The number of carbonyl (C=O) groups excluding carboxylic acids is 2. The summed E-state index contributed by atoms with van der Waals surface area (Å²) in [5.74, 6) is -0.666. The van der Waals surface area contributed by atoms with Gasteiger partial charge in [0.25, 0.3) is 0 Å². The fourth-order valence-electron chi connectivity index (χ4n) is 4.08. The summed E-state index contributed by atoms with van der Waals surface area (Å²) in [6, 6.07) is 4.90. The Labute approximate surface area is 179 Å². The molecular formula is C22H33N3O4S. The normalized spacial score (nSPS) is 19.7. The predicted molar refractivity (Wildman–Crippen MR) is 115 cm³/mol. The third-order valence-corrected chi connectivity index (χ3v) is 8.18. The molecule has 1 heterocycles. The Morgan fingerprint density at radius 1 is 1.10 bits per heavy atom. The lowest BCUT2D eigenvalue weighted by molar-refractivity contribution is -0.131. The van der Waals surface area contributed by atoms with Crippen molar-refractivity contribution in [3.05, 3.63) is 29.3 Å². The summed E-state index contributed by atoms with van der Waals surface area (Å²) in [5.41, 5.74) is 2.38. The average Bonchev–Trinajstić information content (AvgIpc) is 3.21. The monoisotopic (exact) mass is 435 g/mol. The van der Waals surface area contributed by atoms with Crippen molar-refractivity contribution < 1.29 is 18.0 Å². The van der Waals surface area contributed by atoms with Gasteiger partial charge in [0, 0.05) is 25.0 Å². The van der Waals surface area contributed by atoms with Crippen LogP contribution < -0.4 is 10.6 Å². The zero-order chi connectivity index (χ0) is 21.9. The number of hydrogen-bond acceptors (Lipinski definition) is 4. The molecule has 2 aliphatic rings. The second kappa shape index (κ2) is 9.47. The summed E-state index contributed by atoms with van der Waals surface area (Å²) < 4.78 is 27.5. The van der Waals surface area contributed by atoms with Crippen molar-refractivity contribution in [1.82, 2.24) is 14.9 Å². The number of piperidine rings is 1. The quantitative estimate of drug-likeness (QED) is 0.685. The first-order chi connectivity index (χ1) is 14.2. The van der Waals surface area contributed by atoms with Gasteiger partial charge in [-0.2, -0.15) is 4.31 Å². The molecule has 1 aliphatic carbocycles. The van der Waals surface area contributed by atoms with Gasteiger partial charge in [-0.05, 0) is 75.6 Å². The molecule has 0 radical (unpaired) electrons. The van der Waals surface area contributed by atoms with Gasteiger partial charge < -0.3 is 10.6 Å². The van der Waals surface area contributed by atoms with E-state index in [0.717, 1.165) is 31.2 Å². The van der Waals surface area contributed by atoms with Crippen LogP contribution in [-0.4, -0.2) is 49.7 Å². The number of aryl methyl sites for hydroxylation is 2. The van der Waals surface area contributed by atoms with Crippen LogP contribution in [0.1, 0.15) is 57.6 Å². The maximum atomic E-state index is 13.0. The molecule has 1 aliphatic heterocycles. The summed E-state index contributed by atoms with van der Waals surface area (Å²) in [7, 11) is -3.55. The molecule has 0 spiro atoms. The van der Waals surface area contributed by atoms with Crippen LogP contribution in [0.25, 0.3) is 0 Å². The number of fused-ring (bicyclic) bond motifs is 1. The van der Waals surface area contributed by atoms with Crippen molar-refractivity contribution >= 4 is 21.8 Å². The molecule has 3 rings (SSSR count).